The molecule has 0 N–H and O–H groups in total. The predicted molar refractivity (Wildman–Crippen MR) is 127 cm³/mol. The van der Waals surface area contributed by atoms with Crippen LogP contribution in [-0.2, 0) is 22.1 Å². The highest BCUT2D eigenvalue weighted by molar-refractivity contribution is 6.36. The maximum atomic E-state index is 13.1. The zero-order valence-electron chi connectivity index (χ0n) is 19.1. The average molecular weight is 529 g/mol. The summed E-state index contributed by atoms with van der Waals surface area (Å²) in [4.78, 5) is 28.4. The van der Waals surface area contributed by atoms with Gasteiger partial charge in [-0.05, 0) is 66.6 Å². The van der Waals surface area contributed by atoms with E-state index in [0.29, 0.717) is 72.1 Å². The summed E-state index contributed by atoms with van der Waals surface area (Å²) in [5, 5.41) is 0.759. The number of halogens is 5. The first-order chi connectivity index (χ1) is 16.6. The number of alkyl halides is 3. The van der Waals surface area contributed by atoms with Gasteiger partial charge in [-0.2, -0.15) is 13.2 Å². The van der Waals surface area contributed by atoms with E-state index in [1.54, 1.807) is 17.0 Å². The average Bonchev–Trinajstić information content (AvgIpc) is 3.20. The van der Waals surface area contributed by atoms with Gasteiger partial charge in [0.05, 0.1) is 12.7 Å². The molecular formula is C25H25Cl2F3N2O3. The first kappa shape index (κ1) is 25.6. The number of amides is 2. The molecule has 1 unspecified atom stereocenters. The lowest BCUT2D eigenvalue weighted by Gasteiger charge is -2.36. The van der Waals surface area contributed by atoms with Crippen LogP contribution in [0.4, 0.5) is 18.0 Å². The fourth-order valence-corrected chi connectivity index (χ4v) is 5.51. The maximum Gasteiger partial charge on any atom is 0.416 e. The highest BCUT2D eigenvalue weighted by atomic mass is 35.5. The molecule has 0 saturated carbocycles. The fourth-order valence-electron chi connectivity index (χ4n) is 4.87. The molecule has 188 valence electrons. The van der Waals surface area contributed by atoms with Crippen molar-refractivity contribution in [1.82, 2.24) is 9.80 Å². The van der Waals surface area contributed by atoms with Crippen molar-refractivity contribution in [1.29, 1.82) is 0 Å². The number of carbonyl (C=O) groups is 2. The minimum absolute atomic E-state index is 0.0560. The van der Waals surface area contributed by atoms with Gasteiger partial charge in [0, 0.05) is 41.6 Å². The Bertz CT molecular complexity index is 1080. The van der Waals surface area contributed by atoms with E-state index in [-0.39, 0.29) is 24.0 Å². The number of ether oxygens (including phenoxy) is 1. The normalized spacial score (nSPS) is 19.4. The Morgan fingerprint density at radius 2 is 1.60 bits per heavy atom. The summed E-state index contributed by atoms with van der Waals surface area (Å²) < 4.78 is 43.3. The van der Waals surface area contributed by atoms with Crippen LogP contribution in [0.15, 0.2) is 36.4 Å². The van der Waals surface area contributed by atoms with E-state index in [1.807, 2.05) is 4.90 Å². The molecule has 0 aliphatic carbocycles. The minimum atomic E-state index is -4.41. The van der Waals surface area contributed by atoms with Crippen LogP contribution in [0.5, 0.6) is 0 Å². The molecule has 2 heterocycles. The second-order valence-corrected chi connectivity index (χ2v) is 9.72. The molecule has 2 aromatic rings. The molecule has 0 aromatic heterocycles. The summed E-state index contributed by atoms with van der Waals surface area (Å²) in [7, 11) is 1.36. The first-order valence-corrected chi connectivity index (χ1v) is 12.1. The van der Waals surface area contributed by atoms with Crippen molar-refractivity contribution in [3.05, 3.63) is 57.6 Å². The van der Waals surface area contributed by atoms with Gasteiger partial charge in [0.15, 0.2) is 0 Å². The summed E-state index contributed by atoms with van der Waals surface area (Å²) >= 11 is 13.0. The van der Waals surface area contributed by atoms with Crippen LogP contribution in [0.3, 0.4) is 0 Å². The fraction of sp³-hybridized carbons (Fsp3) is 0.440. The molecule has 10 heteroatoms. The van der Waals surface area contributed by atoms with Gasteiger partial charge in [-0.15, -0.1) is 0 Å². The number of carbonyl (C=O) groups excluding carboxylic acids is 2. The van der Waals surface area contributed by atoms with Crippen LogP contribution in [0.25, 0.3) is 11.1 Å². The third-order valence-corrected chi connectivity index (χ3v) is 7.50. The van der Waals surface area contributed by atoms with Crippen molar-refractivity contribution in [3.63, 3.8) is 0 Å². The molecule has 1 atom stereocenters. The van der Waals surface area contributed by atoms with E-state index in [0.717, 1.165) is 12.1 Å². The number of nitrogens with zero attached hydrogens (tertiary/aromatic N) is 2. The largest absolute Gasteiger partial charge is 0.453 e. The van der Waals surface area contributed by atoms with Crippen molar-refractivity contribution in [3.8, 4) is 11.1 Å². The van der Waals surface area contributed by atoms with Gasteiger partial charge < -0.3 is 14.5 Å². The van der Waals surface area contributed by atoms with Crippen LogP contribution < -0.4 is 0 Å². The standard InChI is InChI=1S/C25H25Cl2F3N2O3/c1-35-24(34)31-9-7-19(8-10-31)32-11-6-16(23(32)33)12-20-21(26)13-17(14-22(20)27)15-2-4-18(5-3-15)25(28,29)30/h2-5,13-14,16,19H,6-12H2,1H3. The number of benzene rings is 2. The zero-order chi connectivity index (χ0) is 25.3. The van der Waals surface area contributed by atoms with Crippen molar-refractivity contribution in [2.75, 3.05) is 26.7 Å². The van der Waals surface area contributed by atoms with Crippen molar-refractivity contribution in [2.24, 2.45) is 5.92 Å². The van der Waals surface area contributed by atoms with Crippen LogP contribution in [-0.4, -0.2) is 54.6 Å². The van der Waals surface area contributed by atoms with Crippen LogP contribution in [0, 0.1) is 5.92 Å². The third kappa shape index (κ3) is 5.54. The topological polar surface area (TPSA) is 49.9 Å². The second-order valence-electron chi connectivity index (χ2n) is 8.90. The first-order valence-electron chi connectivity index (χ1n) is 11.4. The van der Waals surface area contributed by atoms with Crippen LogP contribution in [0.1, 0.15) is 30.4 Å². The monoisotopic (exact) mass is 528 g/mol. The van der Waals surface area contributed by atoms with Gasteiger partial charge in [0.1, 0.15) is 0 Å². The Morgan fingerprint density at radius 1 is 1.00 bits per heavy atom. The number of rotatable bonds is 4. The molecule has 2 fully saturated rings. The van der Waals surface area contributed by atoms with Gasteiger partial charge >= 0.3 is 12.3 Å². The molecule has 35 heavy (non-hydrogen) atoms. The van der Waals surface area contributed by atoms with Gasteiger partial charge in [-0.1, -0.05) is 35.3 Å². The molecule has 5 nitrogen and oxygen atoms in total. The molecule has 2 amide bonds. The van der Waals surface area contributed by atoms with Crippen LogP contribution >= 0.6 is 23.2 Å². The molecule has 2 saturated heterocycles. The Balaban J connectivity index is 1.42. The lowest BCUT2D eigenvalue weighted by molar-refractivity contribution is -0.137. The number of piperidine rings is 1. The van der Waals surface area contributed by atoms with E-state index in [9.17, 15) is 22.8 Å². The van der Waals surface area contributed by atoms with E-state index in [4.69, 9.17) is 27.9 Å². The Kier molecular flexibility index (Phi) is 7.52. The summed E-state index contributed by atoms with van der Waals surface area (Å²) in [5.41, 5.74) is 1.10. The summed E-state index contributed by atoms with van der Waals surface area (Å²) in [6.45, 7) is 1.75. The van der Waals surface area contributed by atoms with Gasteiger partial charge in [0.2, 0.25) is 5.91 Å². The number of hydrogen-bond donors (Lipinski definition) is 0. The van der Waals surface area contributed by atoms with E-state index < -0.39 is 11.7 Å². The summed E-state index contributed by atoms with van der Waals surface area (Å²) in [6.07, 6.45) is -2.27. The summed E-state index contributed by atoms with van der Waals surface area (Å²) in [6, 6.07) is 8.24. The van der Waals surface area contributed by atoms with Gasteiger partial charge in [-0.3, -0.25) is 4.79 Å². The number of methoxy groups -OCH3 is 1. The second kappa shape index (κ2) is 10.3. The highest BCUT2D eigenvalue weighted by Crippen LogP contribution is 2.37. The van der Waals surface area contributed by atoms with Gasteiger partial charge in [-0.25, -0.2) is 4.79 Å². The SMILES string of the molecule is COC(=O)N1CCC(N2CCC(Cc3c(Cl)cc(-c4ccc(C(F)(F)F)cc4)cc3Cl)C2=O)CC1. The van der Waals surface area contributed by atoms with E-state index in [1.165, 1.54) is 19.2 Å². The van der Waals surface area contributed by atoms with Crippen LogP contribution in [0.2, 0.25) is 10.0 Å². The molecule has 2 aliphatic heterocycles. The molecule has 0 spiro atoms. The molecule has 0 bridgehead atoms. The van der Waals surface area contributed by atoms with Gasteiger partial charge in [0.25, 0.3) is 0 Å². The minimum Gasteiger partial charge on any atom is -0.453 e. The molecule has 4 rings (SSSR count). The Labute approximate surface area is 211 Å². The lowest BCUT2D eigenvalue weighted by Crippen LogP contribution is -2.47. The summed E-state index contributed by atoms with van der Waals surface area (Å²) in [5.74, 6) is -0.193. The molecule has 0 radical (unpaired) electrons. The van der Waals surface area contributed by atoms with Crippen molar-refractivity contribution < 1.29 is 27.5 Å². The molecular weight excluding hydrogens is 504 g/mol. The predicted octanol–water partition coefficient (Wildman–Crippen LogP) is 6.30. The van der Waals surface area contributed by atoms with Crippen molar-refractivity contribution in [2.45, 2.75) is 37.9 Å². The molecule has 2 aromatic carbocycles. The van der Waals surface area contributed by atoms with E-state index >= 15 is 0 Å². The lowest BCUT2D eigenvalue weighted by atomic mass is 9.95. The smallest absolute Gasteiger partial charge is 0.416 e. The Hall–Kier alpha value is -2.45. The number of hydrogen-bond acceptors (Lipinski definition) is 3. The highest BCUT2D eigenvalue weighted by Gasteiger charge is 2.38. The quantitative estimate of drug-likeness (QED) is 0.467. The number of likely N-dealkylation sites (tertiary alicyclic amines) is 2. The zero-order valence-corrected chi connectivity index (χ0v) is 20.6. The third-order valence-electron chi connectivity index (χ3n) is 6.83. The maximum absolute atomic E-state index is 13.1. The molecule has 2 aliphatic rings. The van der Waals surface area contributed by atoms with E-state index in [2.05, 4.69) is 0 Å². The Morgan fingerprint density at radius 3 is 2.14 bits per heavy atom. The van der Waals surface area contributed by atoms with Crippen molar-refractivity contribution >= 4 is 35.2 Å².